The largest absolute Gasteiger partial charge is 0.378 e. The fraction of sp³-hybridized carbons (Fsp3) is 0.455. The van der Waals surface area contributed by atoms with Gasteiger partial charge in [-0.2, -0.15) is 0 Å². The van der Waals surface area contributed by atoms with Crippen molar-refractivity contribution < 1.29 is 9.53 Å². The van der Waals surface area contributed by atoms with Crippen LogP contribution in [0.5, 0.6) is 0 Å². The molecule has 1 unspecified atom stereocenters. The Balaban J connectivity index is 2.01. The van der Waals surface area contributed by atoms with Gasteiger partial charge in [-0.25, -0.2) is 4.98 Å². The van der Waals surface area contributed by atoms with Gasteiger partial charge >= 0.3 is 0 Å². The summed E-state index contributed by atoms with van der Waals surface area (Å²) in [5.41, 5.74) is 5.55. The van der Waals surface area contributed by atoms with Crippen LogP contribution in [0.3, 0.4) is 0 Å². The molecule has 0 aromatic carbocycles. The first-order valence-corrected chi connectivity index (χ1v) is 5.46. The molecule has 2 heterocycles. The molecule has 17 heavy (non-hydrogen) atoms. The third kappa shape index (κ3) is 2.72. The molecule has 4 N–H and O–H groups in total. The third-order valence-electron chi connectivity index (χ3n) is 2.84. The van der Waals surface area contributed by atoms with Gasteiger partial charge in [-0.3, -0.25) is 4.79 Å². The minimum absolute atomic E-state index is 0.132. The molecule has 1 aliphatic heterocycles. The molecule has 2 rings (SSSR count). The number of nitrogens with one attached hydrogen (secondary N) is 2. The molecule has 0 spiro atoms. The number of nitrogens with zero attached hydrogens (tertiary/aromatic N) is 1. The average molecular weight is 236 g/mol. The molecule has 0 bridgehead atoms. The van der Waals surface area contributed by atoms with Gasteiger partial charge in [0.25, 0.3) is 0 Å². The lowest BCUT2D eigenvalue weighted by atomic mass is 10.2. The summed E-state index contributed by atoms with van der Waals surface area (Å²) in [4.78, 5) is 15.0. The predicted molar refractivity (Wildman–Crippen MR) is 63.8 cm³/mol. The molecule has 1 fully saturated rings. The minimum Gasteiger partial charge on any atom is -0.378 e. The van der Waals surface area contributed by atoms with Crippen molar-refractivity contribution in [3.8, 4) is 0 Å². The van der Waals surface area contributed by atoms with E-state index in [4.69, 9.17) is 10.5 Å². The van der Waals surface area contributed by atoms with Crippen LogP contribution < -0.4 is 16.4 Å². The minimum atomic E-state index is -0.471. The number of methoxy groups -OCH3 is 1. The summed E-state index contributed by atoms with van der Waals surface area (Å²) in [6.07, 6.45) is 1.60. The fourth-order valence-corrected chi connectivity index (χ4v) is 1.86. The molecule has 1 saturated heterocycles. The quantitative estimate of drug-likeness (QED) is 0.660. The Morgan fingerprint density at radius 3 is 3.00 bits per heavy atom. The van der Waals surface area contributed by atoms with Crippen LogP contribution in [0.4, 0.5) is 5.82 Å². The standard InChI is InChI=1S/C11H16N4O2/c1-17-9-6-13-5-8(9)15-10-3-2-7(4-14-10)11(12)16/h2-4,8-9,13H,5-6H2,1H3,(H2,12,16)(H,14,15)/t8?,9-/m0/s1. The number of anilines is 1. The van der Waals surface area contributed by atoms with Gasteiger partial charge in [-0.15, -0.1) is 0 Å². The maximum Gasteiger partial charge on any atom is 0.250 e. The number of amides is 1. The van der Waals surface area contributed by atoms with Crippen LogP contribution in [0.15, 0.2) is 18.3 Å². The highest BCUT2D eigenvalue weighted by Crippen LogP contribution is 2.11. The number of ether oxygens (including phenoxy) is 1. The zero-order valence-electron chi connectivity index (χ0n) is 9.64. The third-order valence-corrected chi connectivity index (χ3v) is 2.84. The first-order valence-electron chi connectivity index (χ1n) is 5.46. The van der Waals surface area contributed by atoms with Crippen LogP contribution in [0.1, 0.15) is 10.4 Å². The van der Waals surface area contributed by atoms with Gasteiger partial charge in [-0.1, -0.05) is 0 Å². The van der Waals surface area contributed by atoms with Crippen molar-refractivity contribution in [2.75, 3.05) is 25.5 Å². The molecule has 6 nitrogen and oxygen atoms in total. The fourth-order valence-electron chi connectivity index (χ4n) is 1.86. The molecule has 2 atom stereocenters. The van der Waals surface area contributed by atoms with Gasteiger partial charge in [0.05, 0.1) is 17.7 Å². The second-order valence-electron chi connectivity index (χ2n) is 3.98. The summed E-state index contributed by atoms with van der Waals surface area (Å²) in [6, 6.07) is 3.58. The molecule has 1 aromatic heterocycles. The van der Waals surface area contributed by atoms with E-state index in [1.165, 1.54) is 6.20 Å². The van der Waals surface area contributed by atoms with Gasteiger partial charge in [0.1, 0.15) is 5.82 Å². The topological polar surface area (TPSA) is 89.3 Å². The number of primary amides is 1. The SMILES string of the molecule is CO[C@H]1CNCC1Nc1ccc(C(N)=O)cn1. The van der Waals surface area contributed by atoms with Crippen LogP contribution >= 0.6 is 0 Å². The van der Waals surface area contributed by atoms with Gasteiger partial charge < -0.3 is 21.1 Å². The zero-order chi connectivity index (χ0) is 12.3. The van der Waals surface area contributed by atoms with Crippen molar-refractivity contribution in [1.82, 2.24) is 10.3 Å². The maximum absolute atomic E-state index is 10.9. The average Bonchev–Trinajstić information content (AvgIpc) is 2.77. The number of carbonyl (C=O) groups excluding carboxylic acids is 1. The number of nitrogens with two attached hydrogens (primary N) is 1. The number of hydrogen-bond donors (Lipinski definition) is 3. The molecule has 0 aliphatic carbocycles. The Morgan fingerprint density at radius 2 is 2.41 bits per heavy atom. The normalized spacial score (nSPS) is 23.6. The van der Waals surface area contributed by atoms with E-state index in [2.05, 4.69) is 15.6 Å². The highest BCUT2D eigenvalue weighted by atomic mass is 16.5. The summed E-state index contributed by atoms with van der Waals surface area (Å²) < 4.78 is 5.33. The Kier molecular flexibility index (Phi) is 3.55. The molecule has 1 aromatic rings. The Morgan fingerprint density at radius 1 is 1.59 bits per heavy atom. The molecule has 0 radical (unpaired) electrons. The van der Waals surface area contributed by atoms with Crippen LogP contribution in [0.2, 0.25) is 0 Å². The smallest absolute Gasteiger partial charge is 0.250 e. The highest BCUT2D eigenvalue weighted by molar-refractivity contribution is 5.92. The van der Waals surface area contributed by atoms with Crippen molar-refractivity contribution in [3.63, 3.8) is 0 Å². The molecular weight excluding hydrogens is 220 g/mol. The van der Waals surface area contributed by atoms with Crippen molar-refractivity contribution in [3.05, 3.63) is 23.9 Å². The van der Waals surface area contributed by atoms with E-state index < -0.39 is 5.91 Å². The molecular formula is C11H16N4O2. The Hall–Kier alpha value is -1.66. The van der Waals surface area contributed by atoms with E-state index >= 15 is 0 Å². The molecule has 0 saturated carbocycles. The Labute approximate surface area is 99.5 Å². The van der Waals surface area contributed by atoms with Crippen molar-refractivity contribution in [2.45, 2.75) is 12.1 Å². The van der Waals surface area contributed by atoms with Gasteiger partial charge in [0, 0.05) is 26.4 Å². The molecule has 1 aliphatic rings. The first-order chi connectivity index (χ1) is 8.20. The van der Waals surface area contributed by atoms with Gasteiger partial charge in [-0.05, 0) is 12.1 Å². The maximum atomic E-state index is 10.9. The summed E-state index contributed by atoms with van der Waals surface area (Å²) >= 11 is 0. The predicted octanol–water partition coefficient (Wildman–Crippen LogP) is -0.421. The van der Waals surface area contributed by atoms with E-state index in [0.29, 0.717) is 11.4 Å². The molecule has 6 heteroatoms. The summed E-state index contributed by atoms with van der Waals surface area (Å²) in [5, 5.41) is 6.49. The van der Waals surface area contributed by atoms with E-state index in [9.17, 15) is 4.79 Å². The van der Waals surface area contributed by atoms with Gasteiger partial charge in [0.2, 0.25) is 5.91 Å². The van der Waals surface area contributed by atoms with Gasteiger partial charge in [0.15, 0.2) is 0 Å². The van der Waals surface area contributed by atoms with E-state index in [1.54, 1.807) is 19.2 Å². The van der Waals surface area contributed by atoms with E-state index in [0.717, 1.165) is 13.1 Å². The number of pyridine rings is 1. The molecule has 1 amide bonds. The van der Waals surface area contributed by atoms with E-state index in [1.807, 2.05) is 0 Å². The van der Waals surface area contributed by atoms with Crippen molar-refractivity contribution in [2.24, 2.45) is 5.73 Å². The number of aromatic nitrogens is 1. The lowest BCUT2D eigenvalue weighted by molar-refractivity contribution is 0.1000. The van der Waals surface area contributed by atoms with Crippen molar-refractivity contribution in [1.29, 1.82) is 0 Å². The number of carbonyl (C=O) groups is 1. The Bertz CT molecular complexity index is 393. The number of rotatable bonds is 4. The zero-order valence-corrected chi connectivity index (χ0v) is 9.64. The van der Waals surface area contributed by atoms with Crippen molar-refractivity contribution >= 4 is 11.7 Å². The summed E-state index contributed by atoms with van der Waals surface area (Å²) in [7, 11) is 1.69. The highest BCUT2D eigenvalue weighted by Gasteiger charge is 2.26. The number of hydrogen-bond acceptors (Lipinski definition) is 5. The summed E-state index contributed by atoms with van der Waals surface area (Å²) in [6.45, 7) is 1.66. The lowest BCUT2D eigenvalue weighted by Crippen LogP contribution is -2.33. The second-order valence-corrected chi connectivity index (χ2v) is 3.98. The van der Waals surface area contributed by atoms with E-state index in [-0.39, 0.29) is 12.1 Å². The summed E-state index contributed by atoms with van der Waals surface area (Å²) in [5.74, 6) is 0.243. The van der Waals surface area contributed by atoms with Crippen LogP contribution in [0.25, 0.3) is 0 Å². The molecule has 92 valence electrons. The lowest BCUT2D eigenvalue weighted by Gasteiger charge is -2.18. The van der Waals surface area contributed by atoms with Crippen LogP contribution in [0, 0.1) is 0 Å². The van der Waals surface area contributed by atoms with Crippen LogP contribution in [-0.2, 0) is 4.74 Å². The van der Waals surface area contributed by atoms with Crippen LogP contribution in [-0.4, -0.2) is 43.2 Å². The monoisotopic (exact) mass is 236 g/mol. The second kappa shape index (κ2) is 5.11. The first kappa shape index (κ1) is 11.8.